The SMILES string of the molecule is Cc1cc[n+]([B-](C#N)[n+]2ccccc2)cc1. The van der Waals surface area contributed by atoms with E-state index in [9.17, 15) is 5.26 Å². The first-order valence-electron chi connectivity index (χ1n) is 5.14. The molecule has 0 saturated heterocycles. The second-order valence-electron chi connectivity index (χ2n) is 3.65. The van der Waals surface area contributed by atoms with Gasteiger partial charge in [0, 0.05) is 12.1 Å². The van der Waals surface area contributed by atoms with Crippen LogP contribution in [0, 0.1) is 18.2 Å². The van der Waals surface area contributed by atoms with Gasteiger partial charge >= 0.3 is 6.98 Å². The Bertz CT molecular complexity index is 502. The molecule has 2 aromatic rings. The summed E-state index contributed by atoms with van der Waals surface area (Å²) in [4.78, 5) is 0. The zero-order chi connectivity index (χ0) is 11.4. The van der Waals surface area contributed by atoms with E-state index in [0.29, 0.717) is 0 Å². The topological polar surface area (TPSA) is 31.5 Å². The molecule has 16 heavy (non-hydrogen) atoms. The maximum Gasteiger partial charge on any atom is 0.673 e. The summed E-state index contributed by atoms with van der Waals surface area (Å²) in [5.41, 5.74) is 1.19. The Hall–Kier alpha value is -2.15. The lowest BCUT2D eigenvalue weighted by molar-refractivity contribution is -0.669. The molecule has 0 aliphatic rings. The highest BCUT2D eigenvalue weighted by Crippen LogP contribution is 1.89. The molecular formula is C12H12BN3+. The summed E-state index contributed by atoms with van der Waals surface area (Å²) in [5, 5.41) is 9.21. The highest BCUT2D eigenvalue weighted by molar-refractivity contribution is 6.48. The fourth-order valence-electron chi connectivity index (χ4n) is 1.54. The van der Waals surface area contributed by atoms with E-state index in [1.807, 2.05) is 71.0 Å². The molecule has 2 rings (SSSR count). The summed E-state index contributed by atoms with van der Waals surface area (Å²) in [6, 6.07) is 9.75. The van der Waals surface area contributed by atoms with Gasteiger partial charge < -0.3 is 8.96 Å². The first-order chi connectivity index (χ1) is 7.81. The van der Waals surface area contributed by atoms with Crippen LogP contribution < -0.4 is 8.96 Å². The second kappa shape index (κ2) is 4.58. The molecule has 0 spiro atoms. The van der Waals surface area contributed by atoms with Gasteiger partial charge in [-0.25, -0.2) is 5.26 Å². The van der Waals surface area contributed by atoms with Crippen molar-refractivity contribution < 1.29 is 8.96 Å². The van der Waals surface area contributed by atoms with Crippen molar-refractivity contribution in [2.24, 2.45) is 0 Å². The molecule has 2 heterocycles. The van der Waals surface area contributed by atoms with Crippen LogP contribution in [0.3, 0.4) is 0 Å². The third-order valence-electron chi connectivity index (χ3n) is 2.44. The van der Waals surface area contributed by atoms with Gasteiger partial charge in [0.15, 0.2) is 0 Å². The molecule has 2 aromatic heterocycles. The number of aromatic nitrogens is 2. The van der Waals surface area contributed by atoms with Gasteiger partial charge in [-0.1, -0.05) is 6.07 Å². The molecule has 4 heteroatoms. The van der Waals surface area contributed by atoms with Crippen LogP contribution in [-0.2, 0) is 0 Å². The Morgan fingerprint density at radius 1 is 1.00 bits per heavy atom. The van der Waals surface area contributed by atoms with Gasteiger partial charge in [-0.3, -0.25) is 0 Å². The number of rotatable bonds is 2. The largest absolute Gasteiger partial charge is 0.673 e. The summed E-state index contributed by atoms with van der Waals surface area (Å²) in [7, 11) is 0. The van der Waals surface area contributed by atoms with Crippen molar-refractivity contribution in [1.29, 1.82) is 5.26 Å². The lowest BCUT2D eigenvalue weighted by Crippen LogP contribution is -2.68. The molecule has 0 unspecified atom stereocenters. The van der Waals surface area contributed by atoms with E-state index in [0.717, 1.165) is 0 Å². The molecule has 1 radical (unpaired) electrons. The average Bonchev–Trinajstić information content (AvgIpc) is 2.34. The summed E-state index contributed by atoms with van der Waals surface area (Å²) < 4.78 is 3.75. The highest BCUT2D eigenvalue weighted by Gasteiger charge is 2.25. The Morgan fingerprint density at radius 2 is 1.56 bits per heavy atom. The minimum atomic E-state index is -0.332. The Kier molecular flexibility index (Phi) is 2.97. The van der Waals surface area contributed by atoms with Crippen molar-refractivity contribution >= 4 is 6.98 Å². The van der Waals surface area contributed by atoms with Gasteiger partial charge in [-0.15, -0.1) is 0 Å². The van der Waals surface area contributed by atoms with E-state index in [-0.39, 0.29) is 6.98 Å². The molecule has 0 aliphatic carbocycles. The predicted octanol–water partition coefficient (Wildman–Crippen LogP) is 0.517. The Morgan fingerprint density at radius 3 is 2.12 bits per heavy atom. The Balaban J connectivity index is 2.38. The van der Waals surface area contributed by atoms with E-state index in [4.69, 9.17) is 0 Å². The molecule has 3 nitrogen and oxygen atoms in total. The van der Waals surface area contributed by atoms with Gasteiger partial charge in [0.1, 0.15) is 24.8 Å². The molecule has 0 aromatic carbocycles. The van der Waals surface area contributed by atoms with E-state index in [1.54, 1.807) is 0 Å². The van der Waals surface area contributed by atoms with Gasteiger partial charge in [0.05, 0.1) is 0 Å². The molecule has 0 saturated carbocycles. The smallest absolute Gasteiger partial charge is 0.366 e. The number of aryl methyl sites for hydroxylation is 1. The number of nitriles is 1. The van der Waals surface area contributed by atoms with E-state index in [1.165, 1.54) is 5.56 Å². The molecule has 0 atom stereocenters. The zero-order valence-electron chi connectivity index (χ0n) is 9.12. The zero-order valence-corrected chi connectivity index (χ0v) is 9.12. The number of pyridine rings is 2. The molecule has 0 bridgehead atoms. The van der Waals surface area contributed by atoms with E-state index < -0.39 is 0 Å². The van der Waals surface area contributed by atoms with E-state index >= 15 is 0 Å². The summed E-state index contributed by atoms with van der Waals surface area (Å²) in [5.74, 6) is 2.28. The molecule has 0 N–H and O–H groups in total. The first kappa shape index (κ1) is 10.4. The maximum absolute atomic E-state index is 9.21. The van der Waals surface area contributed by atoms with Crippen LogP contribution in [0.4, 0.5) is 0 Å². The number of hydrogen-bond donors (Lipinski definition) is 0. The monoisotopic (exact) mass is 209 g/mol. The molecule has 0 amide bonds. The summed E-state index contributed by atoms with van der Waals surface area (Å²) in [6.07, 6.45) is 7.62. The van der Waals surface area contributed by atoms with Crippen LogP contribution in [0.5, 0.6) is 0 Å². The van der Waals surface area contributed by atoms with Crippen LogP contribution in [0.15, 0.2) is 55.1 Å². The standard InChI is InChI=1S/C12H12BN3/c1-12-5-9-16(10-6-12)13(11-14)15-7-3-2-4-8-15/h2-10H,1H3/q+1. The molecule has 0 fully saturated rings. The maximum atomic E-state index is 9.21. The second-order valence-corrected chi connectivity index (χ2v) is 3.65. The molecular weight excluding hydrogens is 197 g/mol. The quantitative estimate of drug-likeness (QED) is 0.663. The number of hydrogen-bond acceptors (Lipinski definition) is 1. The summed E-state index contributed by atoms with van der Waals surface area (Å²) in [6.45, 7) is 1.70. The van der Waals surface area contributed by atoms with Crippen LogP contribution in [0.2, 0.25) is 0 Å². The van der Waals surface area contributed by atoms with Crippen molar-refractivity contribution in [3.8, 4) is 5.97 Å². The fraction of sp³-hybridized carbons (Fsp3) is 0.0833. The van der Waals surface area contributed by atoms with Gasteiger partial charge in [-0.05, 0) is 30.6 Å². The third-order valence-corrected chi connectivity index (χ3v) is 2.44. The lowest BCUT2D eigenvalue weighted by atomic mass is 9.78. The van der Waals surface area contributed by atoms with Crippen LogP contribution >= 0.6 is 0 Å². The van der Waals surface area contributed by atoms with E-state index in [2.05, 4.69) is 5.97 Å². The number of nitrogens with zero attached hydrogens (tertiary/aromatic N) is 3. The van der Waals surface area contributed by atoms with Crippen LogP contribution in [0.1, 0.15) is 5.56 Å². The van der Waals surface area contributed by atoms with Gasteiger partial charge in [0.25, 0.3) is 0 Å². The minimum Gasteiger partial charge on any atom is -0.366 e. The first-order valence-corrected chi connectivity index (χ1v) is 5.14. The highest BCUT2D eigenvalue weighted by atomic mass is 15.0. The average molecular weight is 209 g/mol. The van der Waals surface area contributed by atoms with Crippen molar-refractivity contribution in [2.45, 2.75) is 6.92 Å². The normalized spacial score (nSPS) is 10.1. The predicted molar refractivity (Wildman–Crippen MR) is 60.2 cm³/mol. The van der Waals surface area contributed by atoms with Crippen molar-refractivity contribution in [3.05, 3.63) is 60.7 Å². The van der Waals surface area contributed by atoms with Crippen LogP contribution in [0.25, 0.3) is 0 Å². The van der Waals surface area contributed by atoms with Gasteiger partial charge in [-0.2, -0.15) is 0 Å². The fourth-order valence-corrected chi connectivity index (χ4v) is 1.54. The van der Waals surface area contributed by atoms with Crippen LogP contribution in [-0.4, -0.2) is 6.98 Å². The molecule has 77 valence electrons. The third kappa shape index (κ3) is 2.09. The van der Waals surface area contributed by atoms with Gasteiger partial charge in [0.2, 0.25) is 0 Å². The van der Waals surface area contributed by atoms with Crippen molar-refractivity contribution in [2.75, 3.05) is 0 Å². The lowest BCUT2D eigenvalue weighted by Gasteiger charge is -2.07. The molecule has 0 aliphatic heterocycles. The van der Waals surface area contributed by atoms with Crippen molar-refractivity contribution in [3.63, 3.8) is 0 Å². The van der Waals surface area contributed by atoms with Crippen molar-refractivity contribution in [1.82, 2.24) is 0 Å². The minimum absolute atomic E-state index is 0.332. The Labute approximate surface area is 95.3 Å². The summed E-state index contributed by atoms with van der Waals surface area (Å²) >= 11 is 0.